The molecule has 0 spiro atoms. The van der Waals surface area contributed by atoms with E-state index >= 15 is 0 Å². The van der Waals surface area contributed by atoms with Crippen molar-refractivity contribution in [1.29, 1.82) is 0 Å². The zero-order valence-electron chi connectivity index (χ0n) is 30.4. The highest BCUT2D eigenvalue weighted by molar-refractivity contribution is 5.74. The minimum atomic E-state index is -0.328. The van der Waals surface area contributed by atoms with Crippen molar-refractivity contribution in [3.8, 4) is 0 Å². The van der Waals surface area contributed by atoms with E-state index in [1.165, 1.54) is 6.42 Å². The average Bonchev–Trinajstić information content (AvgIpc) is 3.79. The maximum Gasteiger partial charge on any atom is 0.311 e. The maximum absolute atomic E-state index is 14.1. The summed E-state index contributed by atoms with van der Waals surface area (Å²) in [6.45, 7) is 12.9. The highest BCUT2D eigenvalue weighted by Gasteiger charge is 2.47. The second-order valence-electron chi connectivity index (χ2n) is 15.1. The standard InChI is InChI=1S/C38H67NO7/c1-9-14-25(39(7)8)22-27-16-18-33(42-27)29(11-3)36-24(6)32-20-21-35(45-32)31(13-5)37(40)44-26(15-10-2)23-28-17-19-34(43-28)30(12-4)38(41)46-36/h24-36H,9-23H2,1-8H3/t24-,25-,26+,27+,28+,29-,30+,31-,32+,33-,34-,35-,36-/m1/s1. The zero-order chi connectivity index (χ0) is 33.4. The Balaban J connectivity index is 1.59. The van der Waals surface area contributed by atoms with Gasteiger partial charge < -0.3 is 28.6 Å². The number of carbonyl (C=O) groups is 2. The maximum atomic E-state index is 14.1. The van der Waals surface area contributed by atoms with Gasteiger partial charge in [0.15, 0.2) is 0 Å². The second-order valence-corrected chi connectivity index (χ2v) is 15.1. The first-order chi connectivity index (χ1) is 22.1. The van der Waals surface area contributed by atoms with Crippen LogP contribution in [0.3, 0.4) is 0 Å². The molecule has 0 aromatic rings. The predicted octanol–water partition coefficient (Wildman–Crippen LogP) is 7.49. The van der Waals surface area contributed by atoms with Crippen LogP contribution in [0.15, 0.2) is 0 Å². The van der Waals surface area contributed by atoms with E-state index in [9.17, 15) is 9.59 Å². The summed E-state index contributed by atoms with van der Waals surface area (Å²) in [7, 11) is 4.34. The molecular weight excluding hydrogens is 582 g/mol. The first kappa shape index (κ1) is 37.6. The number of esters is 2. The third-order valence-corrected chi connectivity index (χ3v) is 11.8. The Labute approximate surface area is 280 Å². The fourth-order valence-electron chi connectivity index (χ4n) is 9.00. The van der Waals surface area contributed by atoms with Gasteiger partial charge in [-0.3, -0.25) is 9.59 Å². The Morgan fingerprint density at radius 2 is 1.39 bits per heavy atom. The summed E-state index contributed by atoms with van der Waals surface area (Å²) in [5, 5.41) is 0. The summed E-state index contributed by atoms with van der Waals surface area (Å²) in [5.74, 6) is -0.831. The van der Waals surface area contributed by atoms with E-state index in [0.29, 0.717) is 25.3 Å². The number of ether oxygens (including phenoxy) is 5. The molecule has 4 bridgehead atoms. The molecule has 4 aliphatic heterocycles. The minimum Gasteiger partial charge on any atom is -0.462 e. The molecule has 0 aliphatic carbocycles. The number of hydrogen-bond donors (Lipinski definition) is 0. The van der Waals surface area contributed by atoms with Crippen LogP contribution in [0.2, 0.25) is 0 Å². The molecule has 0 unspecified atom stereocenters. The number of rotatable bonds is 12. The Bertz CT molecular complexity index is 944. The molecule has 0 aromatic heterocycles. The number of nitrogens with zero attached hydrogens (tertiary/aromatic N) is 1. The van der Waals surface area contributed by atoms with Gasteiger partial charge in [-0.2, -0.15) is 0 Å². The van der Waals surface area contributed by atoms with Crippen molar-refractivity contribution in [1.82, 2.24) is 4.90 Å². The fraction of sp³-hybridized carbons (Fsp3) is 0.947. The van der Waals surface area contributed by atoms with Gasteiger partial charge >= 0.3 is 11.9 Å². The summed E-state index contributed by atoms with van der Waals surface area (Å²) < 4.78 is 33.0. The normalized spacial score (nSPS) is 38.9. The summed E-state index contributed by atoms with van der Waals surface area (Å²) in [4.78, 5) is 30.1. The third-order valence-electron chi connectivity index (χ3n) is 11.8. The van der Waals surface area contributed by atoms with Crippen LogP contribution >= 0.6 is 0 Å². The molecule has 0 N–H and O–H groups in total. The fourth-order valence-corrected chi connectivity index (χ4v) is 9.00. The molecule has 46 heavy (non-hydrogen) atoms. The SMILES string of the molecule is CCC[C@H]1C[C@@H]2CC[C@@H](O2)[C@H](CC)C(=O)O[C@@H]([C@H](CC)[C@H]2CC[C@@H](C[C@@H](CCC)N(C)C)O2)[C@H](C)[C@@H]2CC[C@@H](O2)[C@@H](CC)C(=O)O1. The predicted molar refractivity (Wildman–Crippen MR) is 180 cm³/mol. The Morgan fingerprint density at radius 1 is 0.739 bits per heavy atom. The molecule has 4 aliphatic rings. The molecule has 4 rings (SSSR count). The lowest BCUT2D eigenvalue weighted by Crippen LogP contribution is -2.45. The van der Waals surface area contributed by atoms with Crippen LogP contribution in [0.25, 0.3) is 0 Å². The van der Waals surface area contributed by atoms with Crippen molar-refractivity contribution in [3.63, 3.8) is 0 Å². The van der Waals surface area contributed by atoms with Crippen molar-refractivity contribution in [2.45, 2.75) is 193 Å². The topological polar surface area (TPSA) is 83.5 Å². The quantitative estimate of drug-likeness (QED) is 0.201. The molecule has 4 fully saturated rings. The second kappa shape index (κ2) is 18.0. The van der Waals surface area contributed by atoms with Crippen LogP contribution in [0.5, 0.6) is 0 Å². The molecule has 4 heterocycles. The van der Waals surface area contributed by atoms with Crippen molar-refractivity contribution >= 4 is 11.9 Å². The van der Waals surface area contributed by atoms with Crippen LogP contribution in [0.4, 0.5) is 0 Å². The van der Waals surface area contributed by atoms with Gasteiger partial charge in [-0.15, -0.1) is 0 Å². The first-order valence-electron chi connectivity index (χ1n) is 19.2. The lowest BCUT2D eigenvalue weighted by Gasteiger charge is -2.38. The van der Waals surface area contributed by atoms with Crippen LogP contribution in [0.1, 0.15) is 138 Å². The Morgan fingerprint density at radius 3 is 2.02 bits per heavy atom. The van der Waals surface area contributed by atoms with E-state index in [1.807, 2.05) is 0 Å². The largest absolute Gasteiger partial charge is 0.462 e. The summed E-state index contributed by atoms with van der Waals surface area (Å²) in [6.07, 6.45) is 12.7. The highest BCUT2D eigenvalue weighted by atomic mass is 16.6. The summed E-state index contributed by atoms with van der Waals surface area (Å²) in [5.41, 5.74) is 0. The van der Waals surface area contributed by atoms with Gasteiger partial charge in [0, 0.05) is 24.3 Å². The van der Waals surface area contributed by atoms with Crippen molar-refractivity contribution in [2.75, 3.05) is 14.1 Å². The molecule has 0 radical (unpaired) electrons. The number of hydrogen-bond acceptors (Lipinski definition) is 8. The van der Waals surface area contributed by atoms with Crippen molar-refractivity contribution < 1.29 is 33.3 Å². The number of carbonyl (C=O) groups excluding carboxylic acids is 2. The summed E-state index contributed by atoms with van der Waals surface area (Å²) >= 11 is 0. The Kier molecular flexibility index (Phi) is 14.7. The first-order valence-corrected chi connectivity index (χ1v) is 19.2. The van der Waals surface area contributed by atoms with Gasteiger partial charge in [-0.25, -0.2) is 0 Å². The van der Waals surface area contributed by atoms with Gasteiger partial charge in [0.2, 0.25) is 0 Å². The van der Waals surface area contributed by atoms with Crippen molar-refractivity contribution in [3.05, 3.63) is 0 Å². The van der Waals surface area contributed by atoms with E-state index < -0.39 is 0 Å². The van der Waals surface area contributed by atoms with E-state index in [1.54, 1.807) is 0 Å². The molecule has 13 atom stereocenters. The average molecular weight is 650 g/mol. The molecule has 0 amide bonds. The Hall–Kier alpha value is -1.22. The lowest BCUT2D eigenvalue weighted by molar-refractivity contribution is -0.177. The third kappa shape index (κ3) is 9.26. The van der Waals surface area contributed by atoms with E-state index in [2.05, 4.69) is 60.5 Å². The lowest BCUT2D eigenvalue weighted by atomic mass is 9.81. The van der Waals surface area contributed by atoms with Crippen LogP contribution in [0, 0.1) is 23.7 Å². The molecule has 0 aromatic carbocycles. The van der Waals surface area contributed by atoms with Crippen LogP contribution in [-0.4, -0.2) is 85.8 Å². The molecule has 4 saturated heterocycles. The van der Waals surface area contributed by atoms with Crippen LogP contribution in [-0.2, 0) is 33.3 Å². The molecule has 8 nitrogen and oxygen atoms in total. The van der Waals surface area contributed by atoms with Gasteiger partial charge in [0.1, 0.15) is 12.2 Å². The van der Waals surface area contributed by atoms with Gasteiger partial charge in [-0.1, -0.05) is 54.4 Å². The van der Waals surface area contributed by atoms with Gasteiger partial charge in [-0.05, 0) is 91.1 Å². The number of fused-ring (bicyclic) bond motifs is 4. The number of cyclic esters (lactones) is 2. The van der Waals surface area contributed by atoms with E-state index in [4.69, 9.17) is 23.7 Å². The van der Waals surface area contributed by atoms with Gasteiger partial charge in [0.25, 0.3) is 0 Å². The molecule has 8 heteroatoms. The minimum absolute atomic E-state index is 0.0167. The van der Waals surface area contributed by atoms with E-state index in [0.717, 1.165) is 70.6 Å². The smallest absolute Gasteiger partial charge is 0.311 e. The van der Waals surface area contributed by atoms with E-state index in [-0.39, 0.29) is 84.4 Å². The highest BCUT2D eigenvalue weighted by Crippen LogP contribution is 2.41. The summed E-state index contributed by atoms with van der Waals surface area (Å²) in [6, 6.07) is 0.507. The van der Waals surface area contributed by atoms with Crippen LogP contribution < -0.4 is 0 Å². The monoisotopic (exact) mass is 649 g/mol. The zero-order valence-corrected chi connectivity index (χ0v) is 30.4. The molecule has 266 valence electrons. The molecular formula is C38H67NO7. The van der Waals surface area contributed by atoms with Gasteiger partial charge in [0.05, 0.1) is 48.5 Å². The van der Waals surface area contributed by atoms with Crippen molar-refractivity contribution in [2.24, 2.45) is 23.7 Å². The molecule has 0 saturated carbocycles.